The standard InChI is InChI=1S/C20H31N5O2/c26-20(23-17-6-5-8-21-19(17)25-11-3-4-12-25)22-14-18(16-7-13-27-15-16)24-9-1-2-10-24/h5-6,8,16,18H,1-4,7,9-15H2,(H2,22,23,26)/t16-,18-/m1/s1. The first-order chi connectivity index (χ1) is 13.3. The van der Waals surface area contributed by atoms with Gasteiger partial charge in [0.15, 0.2) is 5.82 Å². The van der Waals surface area contributed by atoms with Gasteiger partial charge in [0.2, 0.25) is 0 Å². The Balaban J connectivity index is 1.36. The van der Waals surface area contributed by atoms with Crippen molar-refractivity contribution in [3.63, 3.8) is 0 Å². The second-order valence-electron chi connectivity index (χ2n) is 7.84. The summed E-state index contributed by atoms with van der Waals surface area (Å²) in [6.45, 7) is 6.60. The van der Waals surface area contributed by atoms with Crippen LogP contribution in [-0.4, -0.2) is 67.9 Å². The minimum Gasteiger partial charge on any atom is -0.381 e. The number of anilines is 2. The highest BCUT2D eigenvalue weighted by molar-refractivity contribution is 5.92. The van der Waals surface area contributed by atoms with Gasteiger partial charge in [-0.1, -0.05) is 0 Å². The fraction of sp³-hybridized carbons (Fsp3) is 0.700. The van der Waals surface area contributed by atoms with Crippen LogP contribution in [0.2, 0.25) is 0 Å². The third-order valence-corrected chi connectivity index (χ3v) is 6.03. The van der Waals surface area contributed by atoms with E-state index in [0.717, 1.165) is 57.3 Å². The van der Waals surface area contributed by atoms with Crippen molar-refractivity contribution in [2.45, 2.75) is 38.1 Å². The molecule has 148 valence electrons. The summed E-state index contributed by atoms with van der Waals surface area (Å²) >= 11 is 0. The van der Waals surface area contributed by atoms with Crippen molar-refractivity contribution in [2.75, 3.05) is 56.2 Å². The summed E-state index contributed by atoms with van der Waals surface area (Å²) in [4.78, 5) is 21.9. The van der Waals surface area contributed by atoms with Crippen molar-refractivity contribution in [3.05, 3.63) is 18.3 Å². The van der Waals surface area contributed by atoms with Crippen LogP contribution in [0.1, 0.15) is 32.1 Å². The molecular formula is C20H31N5O2. The predicted octanol–water partition coefficient (Wildman–Crippen LogP) is 2.30. The SMILES string of the molecule is O=C(NC[C@H]([C@@H]1CCOC1)N1CCCC1)Nc1cccnc1N1CCCC1. The number of pyridine rings is 1. The second-order valence-corrected chi connectivity index (χ2v) is 7.84. The number of carbonyl (C=O) groups is 1. The maximum atomic E-state index is 12.6. The molecule has 3 aliphatic heterocycles. The quantitative estimate of drug-likeness (QED) is 0.801. The van der Waals surface area contributed by atoms with Crippen LogP contribution in [0.15, 0.2) is 18.3 Å². The Bertz CT molecular complexity index is 607. The van der Waals surface area contributed by atoms with Crippen LogP contribution in [0.5, 0.6) is 0 Å². The van der Waals surface area contributed by atoms with Gasteiger partial charge in [-0.05, 0) is 57.3 Å². The van der Waals surface area contributed by atoms with Crippen molar-refractivity contribution < 1.29 is 9.53 Å². The Morgan fingerprint density at radius 1 is 1.22 bits per heavy atom. The summed E-state index contributed by atoms with van der Waals surface area (Å²) in [5, 5.41) is 6.13. The molecule has 0 unspecified atom stereocenters. The highest BCUT2D eigenvalue weighted by Crippen LogP contribution is 2.26. The zero-order valence-electron chi connectivity index (χ0n) is 16.0. The fourth-order valence-corrected chi connectivity index (χ4v) is 4.56. The molecular weight excluding hydrogens is 342 g/mol. The van der Waals surface area contributed by atoms with Gasteiger partial charge in [-0.3, -0.25) is 4.90 Å². The summed E-state index contributed by atoms with van der Waals surface area (Å²) in [5.74, 6) is 1.40. The molecule has 2 atom stereocenters. The molecule has 2 N–H and O–H groups in total. The molecule has 0 radical (unpaired) electrons. The van der Waals surface area contributed by atoms with Gasteiger partial charge in [-0.15, -0.1) is 0 Å². The molecule has 1 aromatic heterocycles. The van der Waals surface area contributed by atoms with Crippen LogP contribution in [0.4, 0.5) is 16.3 Å². The molecule has 1 aromatic rings. The fourth-order valence-electron chi connectivity index (χ4n) is 4.56. The van der Waals surface area contributed by atoms with Crippen molar-refractivity contribution in [1.82, 2.24) is 15.2 Å². The Morgan fingerprint density at radius 3 is 2.74 bits per heavy atom. The van der Waals surface area contributed by atoms with Gasteiger partial charge in [0.25, 0.3) is 0 Å². The lowest BCUT2D eigenvalue weighted by Gasteiger charge is -2.32. The Hall–Kier alpha value is -1.86. The van der Waals surface area contributed by atoms with Crippen LogP contribution < -0.4 is 15.5 Å². The number of ether oxygens (including phenoxy) is 1. The molecule has 3 saturated heterocycles. The van der Waals surface area contributed by atoms with E-state index in [4.69, 9.17) is 4.74 Å². The molecule has 0 aromatic carbocycles. The number of urea groups is 1. The van der Waals surface area contributed by atoms with Crippen LogP contribution in [0, 0.1) is 5.92 Å². The van der Waals surface area contributed by atoms with E-state index in [2.05, 4.69) is 25.4 Å². The first-order valence-electron chi connectivity index (χ1n) is 10.4. The average Bonchev–Trinajstić information content (AvgIpc) is 3.45. The van der Waals surface area contributed by atoms with E-state index in [0.29, 0.717) is 18.5 Å². The zero-order chi connectivity index (χ0) is 18.5. The van der Waals surface area contributed by atoms with Crippen LogP contribution in [0.3, 0.4) is 0 Å². The number of likely N-dealkylation sites (tertiary alicyclic amines) is 1. The lowest BCUT2D eigenvalue weighted by Crippen LogP contribution is -2.48. The predicted molar refractivity (Wildman–Crippen MR) is 106 cm³/mol. The van der Waals surface area contributed by atoms with Gasteiger partial charge in [-0.2, -0.15) is 0 Å². The lowest BCUT2D eigenvalue weighted by molar-refractivity contribution is 0.135. The topological polar surface area (TPSA) is 69.7 Å². The van der Waals surface area contributed by atoms with E-state index >= 15 is 0 Å². The van der Waals surface area contributed by atoms with Crippen molar-refractivity contribution in [2.24, 2.45) is 5.92 Å². The monoisotopic (exact) mass is 373 g/mol. The summed E-state index contributed by atoms with van der Waals surface area (Å²) in [5.41, 5.74) is 0.791. The normalized spacial score (nSPS) is 24.3. The maximum Gasteiger partial charge on any atom is 0.319 e. The highest BCUT2D eigenvalue weighted by atomic mass is 16.5. The number of hydrogen-bond donors (Lipinski definition) is 2. The van der Waals surface area contributed by atoms with E-state index in [1.807, 2.05) is 12.1 Å². The molecule has 0 bridgehead atoms. The Labute approximate surface area is 161 Å². The van der Waals surface area contributed by atoms with Gasteiger partial charge in [0, 0.05) is 44.4 Å². The molecule has 4 rings (SSSR count). The van der Waals surface area contributed by atoms with Gasteiger partial charge in [0.05, 0.1) is 12.3 Å². The summed E-state index contributed by atoms with van der Waals surface area (Å²) in [6, 6.07) is 4.03. The largest absolute Gasteiger partial charge is 0.381 e. The molecule has 7 nitrogen and oxygen atoms in total. The number of hydrogen-bond acceptors (Lipinski definition) is 5. The molecule has 0 spiro atoms. The first-order valence-corrected chi connectivity index (χ1v) is 10.4. The Kier molecular flexibility index (Phi) is 6.09. The van der Waals surface area contributed by atoms with E-state index in [-0.39, 0.29) is 6.03 Å². The first kappa shape index (κ1) is 18.5. The third-order valence-electron chi connectivity index (χ3n) is 6.03. The number of carbonyl (C=O) groups excluding carboxylic acids is 1. The smallest absolute Gasteiger partial charge is 0.319 e. The van der Waals surface area contributed by atoms with E-state index in [9.17, 15) is 4.79 Å². The van der Waals surface area contributed by atoms with Crippen LogP contribution >= 0.6 is 0 Å². The molecule has 2 amide bonds. The maximum absolute atomic E-state index is 12.6. The van der Waals surface area contributed by atoms with Crippen LogP contribution in [0.25, 0.3) is 0 Å². The highest BCUT2D eigenvalue weighted by Gasteiger charge is 2.32. The number of aromatic nitrogens is 1. The van der Waals surface area contributed by atoms with E-state index in [1.165, 1.54) is 25.7 Å². The van der Waals surface area contributed by atoms with Gasteiger partial charge >= 0.3 is 6.03 Å². The van der Waals surface area contributed by atoms with Crippen molar-refractivity contribution >= 4 is 17.5 Å². The number of nitrogens with zero attached hydrogens (tertiary/aromatic N) is 3. The molecule has 7 heteroatoms. The zero-order valence-corrected chi connectivity index (χ0v) is 16.0. The average molecular weight is 374 g/mol. The number of amides is 2. The molecule has 27 heavy (non-hydrogen) atoms. The Morgan fingerprint density at radius 2 is 2.00 bits per heavy atom. The summed E-state index contributed by atoms with van der Waals surface area (Å²) in [6.07, 6.45) is 7.76. The molecule has 0 aliphatic carbocycles. The summed E-state index contributed by atoms with van der Waals surface area (Å²) < 4.78 is 5.60. The van der Waals surface area contributed by atoms with Crippen molar-refractivity contribution in [1.29, 1.82) is 0 Å². The number of nitrogens with one attached hydrogen (secondary N) is 2. The second kappa shape index (κ2) is 8.89. The lowest BCUT2D eigenvalue weighted by atomic mass is 9.97. The molecule has 4 heterocycles. The minimum atomic E-state index is -0.147. The van der Waals surface area contributed by atoms with Crippen molar-refractivity contribution in [3.8, 4) is 0 Å². The molecule has 0 saturated carbocycles. The number of rotatable bonds is 6. The minimum absolute atomic E-state index is 0.147. The van der Waals surface area contributed by atoms with E-state index < -0.39 is 0 Å². The molecule has 3 fully saturated rings. The summed E-state index contributed by atoms with van der Waals surface area (Å²) in [7, 11) is 0. The molecule has 3 aliphatic rings. The third kappa shape index (κ3) is 4.52. The van der Waals surface area contributed by atoms with Crippen LogP contribution in [-0.2, 0) is 4.74 Å². The van der Waals surface area contributed by atoms with Gasteiger partial charge in [-0.25, -0.2) is 9.78 Å². The van der Waals surface area contributed by atoms with Gasteiger partial charge < -0.3 is 20.3 Å². The van der Waals surface area contributed by atoms with Gasteiger partial charge in [0.1, 0.15) is 0 Å². The van der Waals surface area contributed by atoms with E-state index in [1.54, 1.807) is 6.20 Å².